The maximum absolute atomic E-state index is 12.8. The van der Waals surface area contributed by atoms with Crippen LogP contribution < -0.4 is 10.1 Å². The summed E-state index contributed by atoms with van der Waals surface area (Å²) in [6.45, 7) is 3.07. The first-order chi connectivity index (χ1) is 14.6. The number of carbonyl (C=O) groups is 2. The molecule has 1 aromatic heterocycles. The van der Waals surface area contributed by atoms with E-state index in [1.54, 1.807) is 4.90 Å². The summed E-state index contributed by atoms with van der Waals surface area (Å²) in [6.07, 6.45) is 1.28. The molecular formula is C24H25N3O3. The van der Waals surface area contributed by atoms with Gasteiger partial charge in [-0.2, -0.15) is 0 Å². The van der Waals surface area contributed by atoms with Crippen molar-refractivity contribution in [2.75, 3.05) is 25.0 Å². The van der Waals surface area contributed by atoms with Gasteiger partial charge in [0.1, 0.15) is 5.75 Å². The number of hydrogen-bond acceptors (Lipinski definition) is 4. The Labute approximate surface area is 175 Å². The van der Waals surface area contributed by atoms with Crippen LogP contribution in [0.25, 0.3) is 10.9 Å². The highest BCUT2D eigenvalue weighted by Gasteiger charge is 2.27. The van der Waals surface area contributed by atoms with Gasteiger partial charge in [-0.3, -0.25) is 14.6 Å². The number of piperidine rings is 1. The molecule has 0 bridgehead atoms. The molecule has 0 atom stereocenters. The van der Waals surface area contributed by atoms with Gasteiger partial charge in [0.15, 0.2) is 6.61 Å². The first-order valence-corrected chi connectivity index (χ1v) is 10.2. The SMILES string of the molecule is Cc1ccc2cccc(NC(=O)C3CCN(C(=O)COc4ccccc4)CC3)c2n1. The Bertz CT molecular complexity index is 1040. The summed E-state index contributed by atoms with van der Waals surface area (Å²) >= 11 is 0. The third-order valence-corrected chi connectivity index (χ3v) is 5.44. The topological polar surface area (TPSA) is 71.5 Å². The molecule has 0 spiro atoms. The van der Waals surface area contributed by atoms with Gasteiger partial charge in [0.05, 0.1) is 11.2 Å². The van der Waals surface area contributed by atoms with Crippen molar-refractivity contribution >= 4 is 28.4 Å². The Kier molecular flexibility index (Phi) is 5.93. The fourth-order valence-corrected chi connectivity index (χ4v) is 3.72. The van der Waals surface area contributed by atoms with Crippen LogP contribution >= 0.6 is 0 Å². The fourth-order valence-electron chi connectivity index (χ4n) is 3.72. The lowest BCUT2D eigenvalue weighted by molar-refractivity contribution is -0.136. The van der Waals surface area contributed by atoms with Crippen molar-refractivity contribution in [2.45, 2.75) is 19.8 Å². The molecule has 0 aliphatic carbocycles. The maximum atomic E-state index is 12.8. The van der Waals surface area contributed by atoms with Gasteiger partial charge in [-0.05, 0) is 44.0 Å². The molecule has 6 heteroatoms. The highest BCUT2D eigenvalue weighted by atomic mass is 16.5. The maximum Gasteiger partial charge on any atom is 0.260 e. The summed E-state index contributed by atoms with van der Waals surface area (Å²) in [7, 11) is 0. The average molecular weight is 403 g/mol. The number of ether oxygens (including phenoxy) is 1. The Morgan fingerprint density at radius 2 is 1.80 bits per heavy atom. The lowest BCUT2D eigenvalue weighted by Gasteiger charge is -2.31. The van der Waals surface area contributed by atoms with Crippen LogP contribution in [0, 0.1) is 12.8 Å². The molecule has 1 aliphatic heterocycles. The summed E-state index contributed by atoms with van der Waals surface area (Å²) in [4.78, 5) is 31.6. The third-order valence-electron chi connectivity index (χ3n) is 5.44. The standard InChI is InChI=1S/C24H25N3O3/c1-17-10-11-18-6-5-9-21(23(18)25-17)26-24(29)19-12-14-27(15-13-19)22(28)16-30-20-7-3-2-4-8-20/h2-11,19H,12-16H2,1H3,(H,26,29). The zero-order valence-electron chi connectivity index (χ0n) is 17.0. The zero-order valence-corrected chi connectivity index (χ0v) is 17.0. The van der Waals surface area contributed by atoms with E-state index in [1.165, 1.54) is 0 Å². The number of nitrogens with zero attached hydrogens (tertiary/aromatic N) is 2. The van der Waals surface area contributed by atoms with Crippen molar-refractivity contribution in [3.63, 3.8) is 0 Å². The molecule has 0 saturated carbocycles. The lowest BCUT2D eigenvalue weighted by Crippen LogP contribution is -2.43. The number of hydrogen-bond donors (Lipinski definition) is 1. The van der Waals surface area contributed by atoms with E-state index in [1.807, 2.05) is 67.6 Å². The van der Waals surface area contributed by atoms with Gasteiger partial charge in [-0.1, -0.05) is 36.4 Å². The molecule has 1 fully saturated rings. The Hall–Kier alpha value is -3.41. The number of carbonyl (C=O) groups excluding carboxylic acids is 2. The number of pyridine rings is 1. The number of aromatic nitrogens is 1. The molecule has 4 rings (SSSR count). The van der Waals surface area contributed by atoms with Crippen LogP contribution in [0.1, 0.15) is 18.5 Å². The molecule has 1 N–H and O–H groups in total. The quantitative estimate of drug-likeness (QED) is 0.703. The number of para-hydroxylation sites is 2. The predicted molar refractivity (Wildman–Crippen MR) is 116 cm³/mol. The molecule has 0 radical (unpaired) electrons. The molecule has 0 unspecified atom stereocenters. The summed E-state index contributed by atoms with van der Waals surface area (Å²) < 4.78 is 5.55. The number of amides is 2. The molecule has 6 nitrogen and oxygen atoms in total. The Morgan fingerprint density at radius 1 is 1.03 bits per heavy atom. The highest BCUT2D eigenvalue weighted by Crippen LogP contribution is 2.24. The van der Waals surface area contributed by atoms with Crippen LogP contribution in [0.5, 0.6) is 5.75 Å². The van der Waals surface area contributed by atoms with Crippen molar-refractivity contribution in [3.05, 3.63) is 66.4 Å². The van der Waals surface area contributed by atoms with Crippen LogP contribution in [0.15, 0.2) is 60.7 Å². The zero-order chi connectivity index (χ0) is 20.9. The Morgan fingerprint density at radius 3 is 2.57 bits per heavy atom. The molecule has 2 aromatic carbocycles. The number of nitrogens with one attached hydrogen (secondary N) is 1. The third kappa shape index (κ3) is 4.59. The summed E-state index contributed by atoms with van der Waals surface area (Å²) in [6, 6.07) is 19.1. The van der Waals surface area contributed by atoms with Crippen molar-refractivity contribution < 1.29 is 14.3 Å². The van der Waals surface area contributed by atoms with Crippen molar-refractivity contribution in [2.24, 2.45) is 5.92 Å². The van der Waals surface area contributed by atoms with Crippen molar-refractivity contribution in [1.82, 2.24) is 9.88 Å². The van der Waals surface area contributed by atoms with Crippen LogP contribution in [0.2, 0.25) is 0 Å². The van der Waals surface area contributed by atoms with Crippen LogP contribution in [-0.2, 0) is 9.59 Å². The molecule has 3 aromatic rings. The number of fused-ring (bicyclic) bond motifs is 1. The molecule has 154 valence electrons. The van der Waals surface area contributed by atoms with Gasteiger partial charge in [0.2, 0.25) is 5.91 Å². The number of rotatable bonds is 5. The minimum Gasteiger partial charge on any atom is -0.484 e. The molecule has 30 heavy (non-hydrogen) atoms. The summed E-state index contributed by atoms with van der Waals surface area (Å²) in [5.74, 6) is 0.494. The summed E-state index contributed by atoms with van der Waals surface area (Å²) in [5, 5.41) is 4.04. The van der Waals surface area contributed by atoms with E-state index in [4.69, 9.17) is 4.74 Å². The van der Waals surface area contributed by atoms with E-state index in [9.17, 15) is 9.59 Å². The number of likely N-dealkylation sites (tertiary alicyclic amines) is 1. The van der Waals surface area contributed by atoms with E-state index in [-0.39, 0.29) is 24.3 Å². The minimum absolute atomic E-state index is 0.0153. The first-order valence-electron chi connectivity index (χ1n) is 10.2. The second-order valence-electron chi connectivity index (χ2n) is 7.58. The van der Waals surface area contributed by atoms with Crippen molar-refractivity contribution in [1.29, 1.82) is 0 Å². The normalized spacial score (nSPS) is 14.5. The monoisotopic (exact) mass is 403 g/mol. The van der Waals surface area contributed by atoms with Gasteiger partial charge in [0.25, 0.3) is 5.91 Å². The Balaban J connectivity index is 1.31. The smallest absolute Gasteiger partial charge is 0.260 e. The van der Waals surface area contributed by atoms with Crippen LogP contribution in [0.4, 0.5) is 5.69 Å². The first kappa shape index (κ1) is 19.9. The minimum atomic E-state index is -0.121. The van der Waals surface area contributed by atoms with E-state index in [2.05, 4.69) is 10.3 Å². The van der Waals surface area contributed by atoms with Gasteiger partial charge in [-0.25, -0.2) is 0 Å². The largest absolute Gasteiger partial charge is 0.484 e. The molecule has 1 aliphatic rings. The van der Waals surface area contributed by atoms with Gasteiger partial charge in [0, 0.05) is 30.1 Å². The predicted octanol–water partition coefficient (Wildman–Crippen LogP) is 3.80. The van der Waals surface area contributed by atoms with Crippen LogP contribution in [-0.4, -0.2) is 41.4 Å². The van der Waals surface area contributed by atoms with Crippen LogP contribution in [0.3, 0.4) is 0 Å². The van der Waals surface area contributed by atoms with E-state index in [0.717, 1.165) is 22.3 Å². The second kappa shape index (κ2) is 8.95. The van der Waals surface area contributed by atoms with E-state index < -0.39 is 0 Å². The molecule has 1 saturated heterocycles. The van der Waals surface area contributed by atoms with Crippen molar-refractivity contribution in [3.8, 4) is 5.75 Å². The highest BCUT2D eigenvalue weighted by molar-refractivity contribution is 6.01. The number of anilines is 1. The second-order valence-corrected chi connectivity index (χ2v) is 7.58. The summed E-state index contributed by atoms with van der Waals surface area (Å²) in [5.41, 5.74) is 2.45. The van der Waals surface area contributed by atoms with Gasteiger partial charge in [-0.15, -0.1) is 0 Å². The molecule has 2 heterocycles. The lowest BCUT2D eigenvalue weighted by atomic mass is 9.95. The van der Waals surface area contributed by atoms with E-state index in [0.29, 0.717) is 31.7 Å². The van der Waals surface area contributed by atoms with E-state index >= 15 is 0 Å². The van der Waals surface area contributed by atoms with Gasteiger partial charge < -0.3 is 15.0 Å². The number of aryl methyl sites for hydroxylation is 1. The molecule has 2 amide bonds. The number of benzene rings is 2. The fraction of sp³-hybridized carbons (Fsp3) is 0.292. The average Bonchev–Trinajstić information content (AvgIpc) is 2.78. The van der Waals surface area contributed by atoms with Gasteiger partial charge >= 0.3 is 0 Å². The molecular weight excluding hydrogens is 378 g/mol.